The Kier molecular flexibility index (Phi) is 5.60. The van der Waals surface area contributed by atoms with Crippen molar-refractivity contribution in [1.29, 1.82) is 0 Å². The molecule has 0 aliphatic rings. The summed E-state index contributed by atoms with van der Waals surface area (Å²) < 4.78 is 4.99. The molecule has 19 heavy (non-hydrogen) atoms. The first-order chi connectivity index (χ1) is 8.90. The van der Waals surface area contributed by atoms with Crippen molar-refractivity contribution in [2.45, 2.75) is 32.1 Å². The summed E-state index contributed by atoms with van der Waals surface area (Å²) in [5, 5.41) is 0. The molecule has 0 aliphatic carbocycles. The van der Waals surface area contributed by atoms with Gasteiger partial charge in [-0.05, 0) is 39.2 Å². The van der Waals surface area contributed by atoms with E-state index in [4.69, 9.17) is 4.74 Å². The van der Waals surface area contributed by atoms with E-state index in [9.17, 15) is 9.59 Å². The van der Waals surface area contributed by atoms with Gasteiger partial charge in [0, 0.05) is 16.9 Å². The number of ketones is 1. The number of carbonyl (C=O) groups is 2. The first kappa shape index (κ1) is 15.8. The summed E-state index contributed by atoms with van der Waals surface area (Å²) in [5.74, 6) is -0.366. The Morgan fingerprint density at radius 1 is 1.21 bits per heavy atom. The van der Waals surface area contributed by atoms with Crippen LogP contribution in [0.5, 0.6) is 0 Å². The van der Waals surface area contributed by atoms with Crippen LogP contribution in [0.25, 0.3) is 0 Å². The van der Waals surface area contributed by atoms with Gasteiger partial charge in [-0.25, -0.2) is 0 Å². The second-order valence-corrected chi connectivity index (χ2v) is 5.81. The number of esters is 1. The van der Waals surface area contributed by atoms with E-state index in [2.05, 4.69) is 0 Å². The lowest BCUT2D eigenvalue weighted by Crippen LogP contribution is -2.29. The Bertz CT molecular complexity index is 449. The molecule has 0 spiro atoms. The average molecular weight is 280 g/mol. The predicted molar refractivity (Wildman–Crippen MR) is 77.6 cm³/mol. The van der Waals surface area contributed by atoms with Crippen LogP contribution in [-0.4, -0.2) is 24.6 Å². The molecule has 1 aromatic rings. The van der Waals surface area contributed by atoms with Gasteiger partial charge < -0.3 is 4.74 Å². The molecule has 0 aliphatic heterocycles. The standard InChI is InChI=1S/C15H20O3S/c1-5-18-14(17)15(2,3)10-13(16)11-6-8-12(19-4)9-7-11/h6-9H,5,10H2,1-4H3. The fourth-order valence-corrected chi connectivity index (χ4v) is 2.09. The zero-order valence-electron chi connectivity index (χ0n) is 11.9. The fraction of sp³-hybridized carbons (Fsp3) is 0.467. The van der Waals surface area contributed by atoms with Crippen molar-refractivity contribution < 1.29 is 14.3 Å². The Morgan fingerprint density at radius 3 is 2.26 bits per heavy atom. The summed E-state index contributed by atoms with van der Waals surface area (Å²) in [6.07, 6.45) is 2.14. The van der Waals surface area contributed by atoms with Crippen LogP contribution in [0.4, 0.5) is 0 Å². The van der Waals surface area contributed by atoms with Crippen LogP contribution >= 0.6 is 11.8 Å². The SMILES string of the molecule is CCOC(=O)C(C)(C)CC(=O)c1ccc(SC)cc1. The summed E-state index contributed by atoms with van der Waals surface area (Å²) >= 11 is 1.63. The maximum absolute atomic E-state index is 12.2. The second kappa shape index (κ2) is 6.75. The molecular weight excluding hydrogens is 260 g/mol. The van der Waals surface area contributed by atoms with Gasteiger partial charge in [0.15, 0.2) is 5.78 Å². The minimum absolute atomic E-state index is 0.0364. The van der Waals surface area contributed by atoms with Crippen molar-refractivity contribution in [2.75, 3.05) is 12.9 Å². The van der Waals surface area contributed by atoms with Gasteiger partial charge in [0.05, 0.1) is 12.0 Å². The number of benzene rings is 1. The lowest BCUT2D eigenvalue weighted by molar-refractivity contribution is -0.153. The Labute approximate surface area is 118 Å². The highest BCUT2D eigenvalue weighted by atomic mass is 32.2. The van der Waals surface area contributed by atoms with Gasteiger partial charge >= 0.3 is 5.97 Å². The molecule has 4 heteroatoms. The average Bonchev–Trinajstić information content (AvgIpc) is 2.38. The van der Waals surface area contributed by atoms with Crippen LogP contribution in [0.15, 0.2) is 29.2 Å². The molecule has 0 bridgehead atoms. The molecule has 0 aromatic heterocycles. The normalized spacial score (nSPS) is 11.2. The van der Waals surface area contributed by atoms with E-state index < -0.39 is 5.41 Å². The van der Waals surface area contributed by atoms with Crippen molar-refractivity contribution in [3.8, 4) is 0 Å². The van der Waals surface area contributed by atoms with Crippen molar-refractivity contribution in [1.82, 2.24) is 0 Å². The van der Waals surface area contributed by atoms with Crippen molar-refractivity contribution in [2.24, 2.45) is 5.41 Å². The van der Waals surface area contributed by atoms with Gasteiger partial charge in [-0.2, -0.15) is 0 Å². The lowest BCUT2D eigenvalue weighted by atomic mass is 9.85. The van der Waals surface area contributed by atoms with Gasteiger partial charge in [-0.1, -0.05) is 12.1 Å². The van der Waals surface area contributed by atoms with E-state index >= 15 is 0 Å². The van der Waals surface area contributed by atoms with Crippen LogP contribution in [0, 0.1) is 5.41 Å². The number of hydrogen-bond acceptors (Lipinski definition) is 4. The van der Waals surface area contributed by atoms with Crippen LogP contribution in [-0.2, 0) is 9.53 Å². The first-order valence-electron chi connectivity index (χ1n) is 6.25. The zero-order chi connectivity index (χ0) is 14.5. The van der Waals surface area contributed by atoms with Gasteiger partial charge in [0.2, 0.25) is 0 Å². The topological polar surface area (TPSA) is 43.4 Å². The number of Topliss-reactive ketones (excluding diaryl/α,β-unsaturated/α-hetero) is 1. The van der Waals surface area contributed by atoms with E-state index in [1.165, 1.54) is 0 Å². The van der Waals surface area contributed by atoms with E-state index in [0.717, 1.165) is 4.90 Å². The van der Waals surface area contributed by atoms with E-state index in [0.29, 0.717) is 12.2 Å². The van der Waals surface area contributed by atoms with Crippen molar-refractivity contribution in [3.63, 3.8) is 0 Å². The van der Waals surface area contributed by atoms with Crippen LogP contribution in [0.3, 0.4) is 0 Å². The summed E-state index contributed by atoms with van der Waals surface area (Å²) in [4.78, 5) is 25.0. The monoisotopic (exact) mass is 280 g/mol. The molecule has 0 saturated heterocycles. The lowest BCUT2D eigenvalue weighted by Gasteiger charge is -2.21. The van der Waals surface area contributed by atoms with E-state index in [1.807, 2.05) is 18.4 Å². The number of ether oxygens (including phenoxy) is 1. The molecule has 104 valence electrons. The second-order valence-electron chi connectivity index (χ2n) is 4.93. The Morgan fingerprint density at radius 2 is 1.79 bits per heavy atom. The number of hydrogen-bond donors (Lipinski definition) is 0. The third-order valence-electron chi connectivity index (χ3n) is 2.84. The number of carbonyl (C=O) groups excluding carboxylic acids is 2. The van der Waals surface area contributed by atoms with Gasteiger partial charge in [0.25, 0.3) is 0 Å². The van der Waals surface area contributed by atoms with Gasteiger partial charge in [-0.3, -0.25) is 9.59 Å². The van der Waals surface area contributed by atoms with Crippen LogP contribution in [0.2, 0.25) is 0 Å². The van der Waals surface area contributed by atoms with Gasteiger partial charge in [-0.15, -0.1) is 11.8 Å². The molecule has 0 N–H and O–H groups in total. The molecule has 0 amide bonds. The van der Waals surface area contributed by atoms with Crippen molar-refractivity contribution >= 4 is 23.5 Å². The smallest absolute Gasteiger partial charge is 0.311 e. The van der Waals surface area contributed by atoms with Crippen LogP contribution in [0.1, 0.15) is 37.6 Å². The molecular formula is C15H20O3S. The number of rotatable bonds is 6. The molecule has 1 aromatic carbocycles. The van der Waals surface area contributed by atoms with Crippen LogP contribution < -0.4 is 0 Å². The maximum atomic E-state index is 12.2. The fourth-order valence-electron chi connectivity index (χ4n) is 1.68. The summed E-state index contributed by atoms with van der Waals surface area (Å²) in [7, 11) is 0. The molecule has 1 rings (SSSR count). The summed E-state index contributed by atoms with van der Waals surface area (Å²) in [6.45, 7) is 5.56. The van der Waals surface area contributed by atoms with E-state index in [-0.39, 0.29) is 18.2 Å². The first-order valence-corrected chi connectivity index (χ1v) is 7.47. The third-order valence-corrected chi connectivity index (χ3v) is 3.59. The molecule has 0 heterocycles. The predicted octanol–water partition coefficient (Wildman–Crippen LogP) is 3.57. The minimum atomic E-state index is -0.786. The summed E-state index contributed by atoms with van der Waals surface area (Å²) in [6, 6.07) is 7.43. The maximum Gasteiger partial charge on any atom is 0.311 e. The molecule has 3 nitrogen and oxygen atoms in total. The minimum Gasteiger partial charge on any atom is -0.466 e. The quantitative estimate of drug-likeness (QED) is 0.454. The molecule has 0 radical (unpaired) electrons. The van der Waals surface area contributed by atoms with E-state index in [1.54, 1.807) is 44.7 Å². The highest BCUT2D eigenvalue weighted by Crippen LogP contribution is 2.25. The Balaban J connectivity index is 2.75. The van der Waals surface area contributed by atoms with Crippen molar-refractivity contribution in [3.05, 3.63) is 29.8 Å². The molecule has 0 saturated carbocycles. The Hall–Kier alpha value is -1.29. The molecule has 0 fully saturated rings. The summed E-state index contributed by atoms with van der Waals surface area (Å²) in [5.41, 5.74) is -0.152. The highest BCUT2D eigenvalue weighted by molar-refractivity contribution is 7.98. The molecule has 0 atom stereocenters. The van der Waals surface area contributed by atoms with Gasteiger partial charge in [0.1, 0.15) is 0 Å². The largest absolute Gasteiger partial charge is 0.466 e. The number of thioether (sulfide) groups is 1. The highest BCUT2D eigenvalue weighted by Gasteiger charge is 2.32. The molecule has 0 unspecified atom stereocenters. The zero-order valence-corrected chi connectivity index (χ0v) is 12.7. The third kappa shape index (κ3) is 4.39.